The van der Waals surface area contributed by atoms with Crippen LogP contribution in [0.15, 0.2) is 36.4 Å². The van der Waals surface area contributed by atoms with Crippen LogP contribution in [0.1, 0.15) is 15.9 Å². The summed E-state index contributed by atoms with van der Waals surface area (Å²) >= 11 is 6.02. The average Bonchev–Trinajstić information content (AvgIpc) is 2.40. The van der Waals surface area contributed by atoms with E-state index in [9.17, 15) is 13.6 Å². The Kier molecular flexibility index (Phi) is 4.35. The molecule has 0 aliphatic rings. The summed E-state index contributed by atoms with van der Waals surface area (Å²) in [5.41, 5.74) is 0.542. The SMILES string of the molecule is CN(Cc1ccccc1Cl)c1c(F)cc(C=O)cc1F. The Morgan fingerprint density at radius 1 is 1.20 bits per heavy atom. The number of carbonyl (C=O) groups excluding carboxylic acids is 1. The van der Waals surface area contributed by atoms with Crippen molar-refractivity contribution in [1.82, 2.24) is 0 Å². The Balaban J connectivity index is 2.32. The molecule has 0 atom stereocenters. The number of nitrogens with zero attached hydrogens (tertiary/aromatic N) is 1. The van der Waals surface area contributed by atoms with Crippen LogP contribution in [0.2, 0.25) is 5.02 Å². The van der Waals surface area contributed by atoms with Crippen molar-refractivity contribution < 1.29 is 13.6 Å². The number of aldehydes is 1. The van der Waals surface area contributed by atoms with Gasteiger partial charge in [0, 0.05) is 24.2 Å². The van der Waals surface area contributed by atoms with Gasteiger partial charge in [-0.25, -0.2) is 8.78 Å². The molecule has 0 unspecified atom stereocenters. The number of carbonyl (C=O) groups is 1. The van der Waals surface area contributed by atoms with Crippen LogP contribution in [-0.2, 0) is 6.54 Å². The molecule has 20 heavy (non-hydrogen) atoms. The molecule has 0 amide bonds. The van der Waals surface area contributed by atoms with Gasteiger partial charge in [0.15, 0.2) is 0 Å². The predicted molar refractivity (Wildman–Crippen MR) is 75.3 cm³/mol. The molecule has 0 aliphatic heterocycles. The van der Waals surface area contributed by atoms with E-state index in [2.05, 4.69) is 0 Å². The minimum atomic E-state index is -0.776. The summed E-state index contributed by atoms with van der Waals surface area (Å²) in [4.78, 5) is 12.0. The van der Waals surface area contributed by atoms with Crippen molar-refractivity contribution in [3.8, 4) is 0 Å². The van der Waals surface area contributed by atoms with E-state index >= 15 is 0 Å². The number of anilines is 1. The summed E-state index contributed by atoms with van der Waals surface area (Å²) < 4.78 is 27.8. The molecule has 104 valence electrons. The van der Waals surface area contributed by atoms with Crippen molar-refractivity contribution in [2.24, 2.45) is 0 Å². The summed E-state index contributed by atoms with van der Waals surface area (Å²) in [6, 6.07) is 9.10. The third-order valence-electron chi connectivity index (χ3n) is 2.92. The van der Waals surface area contributed by atoms with Gasteiger partial charge in [-0.05, 0) is 23.8 Å². The third kappa shape index (κ3) is 2.96. The Hall–Kier alpha value is -1.94. The molecule has 0 spiro atoms. The lowest BCUT2D eigenvalue weighted by atomic mass is 10.1. The Bertz CT molecular complexity index is 623. The van der Waals surface area contributed by atoms with Crippen molar-refractivity contribution in [2.45, 2.75) is 6.54 Å². The van der Waals surface area contributed by atoms with E-state index in [1.54, 1.807) is 31.3 Å². The van der Waals surface area contributed by atoms with Crippen molar-refractivity contribution in [3.05, 3.63) is 64.2 Å². The van der Waals surface area contributed by atoms with E-state index in [4.69, 9.17) is 11.6 Å². The van der Waals surface area contributed by atoms with Gasteiger partial charge >= 0.3 is 0 Å². The zero-order valence-electron chi connectivity index (χ0n) is 10.7. The van der Waals surface area contributed by atoms with Crippen LogP contribution >= 0.6 is 11.6 Å². The van der Waals surface area contributed by atoms with Gasteiger partial charge in [0.25, 0.3) is 0 Å². The van der Waals surface area contributed by atoms with Crippen molar-refractivity contribution in [1.29, 1.82) is 0 Å². The van der Waals surface area contributed by atoms with Gasteiger partial charge in [-0.1, -0.05) is 29.8 Å². The Morgan fingerprint density at radius 2 is 1.80 bits per heavy atom. The van der Waals surface area contributed by atoms with E-state index in [0.717, 1.165) is 17.7 Å². The number of hydrogen-bond acceptors (Lipinski definition) is 2. The maximum absolute atomic E-state index is 13.9. The second-order valence-corrected chi connectivity index (χ2v) is 4.81. The standard InChI is InChI=1S/C15H12ClF2NO/c1-19(8-11-4-2-3-5-12(11)16)15-13(17)6-10(9-20)7-14(15)18/h2-7,9H,8H2,1H3. The zero-order chi connectivity index (χ0) is 14.7. The van der Waals surface area contributed by atoms with Gasteiger partial charge < -0.3 is 4.90 Å². The first-order valence-corrected chi connectivity index (χ1v) is 6.29. The molecule has 0 fully saturated rings. The van der Waals surface area contributed by atoms with E-state index < -0.39 is 11.6 Å². The molecule has 0 radical (unpaired) electrons. The van der Waals surface area contributed by atoms with E-state index in [-0.39, 0.29) is 17.8 Å². The first-order valence-electron chi connectivity index (χ1n) is 5.91. The highest BCUT2D eigenvalue weighted by Crippen LogP contribution is 2.26. The highest BCUT2D eigenvalue weighted by Gasteiger charge is 2.16. The van der Waals surface area contributed by atoms with Gasteiger partial charge in [-0.3, -0.25) is 4.79 Å². The van der Waals surface area contributed by atoms with Crippen LogP contribution in [0.3, 0.4) is 0 Å². The van der Waals surface area contributed by atoms with E-state index in [0.29, 0.717) is 11.3 Å². The van der Waals surface area contributed by atoms with E-state index in [1.165, 1.54) is 4.90 Å². The van der Waals surface area contributed by atoms with Gasteiger partial charge in [0.05, 0.1) is 0 Å². The zero-order valence-corrected chi connectivity index (χ0v) is 11.5. The maximum atomic E-state index is 13.9. The number of halogens is 3. The molecule has 0 heterocycles. The number of rotatable bonds is 4. The van der Waals surface area contributed by atoms with Crippen LogP contribution < -0.4 is 4.90 Å². The fourth-order valence-corrected chi connectivity index (χ4v) is 2.17. The molecule has 5 heteroatoms. The molecule has 2 rings (SSSR count). The second kappa shape index (κ2) is 6.01. The van der Waals surface area contributed by atoms with E-state index in [1.807, 2.05) is 0 Å². The fraction of sp³-hybridized carbons (Fsp3) is 0.133. The maximum Gasteiger partial charge on any atom is 0.150 e. The Morgan fingerprint density at radius 3 is 2.35 bits per heavy atom. The largest absolute Gasteiger partial charge is 0.365 e. The minimum absolute atomic E-state index is 0.0325. The minimum Gasteiger partial charge on any atom is -0.365 e. The Labute approximate surface area is 120 Å². The number of hydrogen-bond donors (Lipinski definition) is 0. The molecule has 0 bridgehead atoms. The van der Waals surface area contributed by atoms with Crippen LogP contribution in [-0.4, -0.2) is 13.3 Å². The highest BCUT2D eigenvalue weighted by atomic mass is 35.5. The molecule has 0 saturated carbocycles. The smallest absolute Gasteiger partial charge is 0.150 e. The molecule has 2 aromatic carbocycles. The van der Waals surface area contributed by atoms with Crippen molar-refractivity contribution >= 4 is 23.6 Å². The molecule has 0 saturated heterocycles. The van der Waals surface area contributed by atoms with Crippen LogP contribution in [0.5, 0.6) is 0 Å². The summed E-state index contributed by atoms with van der Waals surface area (Å²) in [6.07, 6.45) is 0.407. The first kappa shape index (κ1) is 14.5. The highest BCUT2D eigenvalue weighted by molar-refractivity contribution is 6.31. The van der Waals surface area contributed by atoms with Crippen LogP contribution in [0.4, 0.5) is 14.5 Å². The van der Waals surface area contributed by atoms with Gasteiger partial charge in [-0.2, -0.15) is 0 Å². The lowest BCUT2D eigenvalue weighted by Gasteiger charge is -2.21. The average molecular weight is 296 g/mol. The number of benzene rings is 2. The molecule has 2 nitrogen and oxygen atoms in total. The van der Waals surface area contributed by atoms with Crippen molar-refractivity contribution in [2.75, 3.05) is 11.9 Å². The summed E-state index contributed by atoms with van der Waals surface area (Å²) in [5.74, 6) is -1.55. The topological polar surface area (TPSA) is 20.3 Å². The molecule has 2 aromatic rings. The second-order valence-electron chi connectivity index (χ2n) is 4.40. The molecule has 0 aromatic heterocycles. The van der Waals surface area contributed by atoms with Crippen LogP contribution in [0.25, 0.3) is 0 Å². The monoisotopic (exact) mass is 295 g/mol. The predicted octanol–water partition coefficient (Wildman–Crippen LogP) is 4.07. The molecular formula is C15H12ClF2NO. The molecule has 0 aliphatic carbocycles. The first-order chi connectivity index (χ1) is 9.52. The molecule has 0 N–H and O–H groups in total. The lowest BCUT2D eigenvalue weighted by Crippen LogP contribution is -2.19. The third-order valence-corrected chi connectivity index (χ3v) is 3.29. The van der Waals surface area contributed by atoms with Crippen molar-refractivity contribution in [3.63, 3.8) is 0 Å². The summed E-state index contributed by atoms with van der Waals surface area (Å²) in [7, 11) is 1.56. The molecular weight excluding hydrogens is 284 g/mol. The quantitative estimate of drug-likeness (QED) is 0.793. The van der Waals surface area contributed by atoms with Gasteiger partial charge in [-0.15, -0.1) is 0 Å². The lowest BCUT2D eigenvalue weighted by molar-refractivity contribution is 0.112. The van der Waals surface area contributed by atoms with Crippen LogP contribution in [0, 0.1) is 11.6 Å². The van der Waals surface area contributed by atoms with Gasteiger partial charge in [0.2, 0.25) is 0 Å². The normalized spacial score (nSPS) is 10.4. The summed E-state index contributed by atoms with van der Waals surface area (Å²) in [5, 5.41) is 0.532. The summed E-state index contributed by atoms with van der Waals surface area (Å²) in [6.45, 7) is 0.258. The van der Waals surface area contributed by atoms with Gasteiger partial charge in [0.1, 0.15) is 23.6 Å². The fourth-order valence-electron chi connectivity index (χ4n) is 1.98.